The van der Waals surface area contributed by atoms with E-state index in [1.807, 2.05) is 6.08 Å². The van der Waals surface area contributed by atoms with Crippen molar-refractivity contribution in [2.24, 2.45) is 0 Å². The molecule has 0 radical (unpaired) electrons. The average molecular weight is 310 g/mol. The Morgan fingerprint density at radius 2 is 1.68 bits per heavy atom. The molecule has 0 aromatic rings. The highest BCUT2D eigenvalue weighted by Gasteiger charge is 2.54. The van der Waals surface area contributed by atoms with Gasteiger partial charge in [0.2, 0.25) is 0 Å². The summed E-state index contributed by atoms with van der Waals surface area (Å²) < 4.78 is 22.9. The van der Waals surface area contributed by atoms with Crippen molar-refractivity contribution in [3.8, 4) is 0 Å². The van der Waals surface area contributed by atoms with Crippen LogP contribution in [0.25, 0.3) is 0 Å². The molecule has 0 unspecified atom stereocenters. The molecular formula is C16H22O6. The van der Waals surface area contributed by atoms with Crippen molar-refractivity contribution in [1.82, 2.24) is 0 Å². The molecular weight excluding hydrogens is 288 g/mol. The van der Waals surface area contributed by atoms with Gasteiger partial charge in [-0.15, -0.1) is 0 Å². The van der Waals surface area contributed by atoms with Crippen LogP contribution in [0.4, 0.5) is 0 Å². The number of fused-ring (bicyclic) bond motifs is 1. The van der Waals surface area contributed by atoms with Gasteiger partial charge in [0.25, 0.3) is 0 Å². The predicted octanol–water partition coefficient (Wildman–Crippen LogP) is 1.86. The van der Waals surface area contributed by atoms with E-state index in [2.05, 4.69) is 0 Å². The first-order valence-electron chi connectivity index (χ1n) is 7.87. The van der Waals surface area contributed by atoms with Gasteiger partial charge in [-0.05, 0) is 18.9 Å². The number of carbonyl (C=O) groups is 2. The Morgan fingerprint density at radius 1 is 1.00 bits per heavy atom. The first kappa shape index (κ1) is 15.5. The smallest absolute Gasteiger partial charge is 0.303 e. The van der Waals surface area contributed by atoms with Crippen molar-refractivity contribution in [1.29, 1.82) is 0 Å². The van der Waals surface area contributed by atoms with Crippen LogP contribution in [0.2, 0.25) is 0 Å². The quantitative estimate of drug-likeness (QED) is 0.573. The summed E-state index contributed by atoms with van der Waals surface area (Å²) >= 11 is 0. The number of hydrogen-bond donors (Lipinski definition) is 0. The highest BCUT2D eigenvalue weighted by molar-refractivity contribution is 5.67. The third-order valence-corrected chi connectivity index (χ3v) is 4.38. The summed E-state index contributed by atoms with van der Waals surface area (Å²) in [6, 6.07) is 0. The predicted molar refractivity (Wildman–Crippen MR) is 75.8 cm³/mol. The normalized spacial score (nSPS) is 35.9. The molecule has 3 rings (SSSR count). The van der Waals surface area contributed by atoms with Crippen molar-refractivity contribution in [3.63, 3.8) is 0 Å². The van der Waals surface area contributed by atoms with Gasteiger partial charge < -0.3 is 18.9 Å². The lowest BCUT2D eigenvalue weighted by Crippen LogP contribution is -2.49. The SMILES string of the molecule is CC(=O)O[C@@H]1[C@@H]2OC3(CCCCC3)O[C@@H]2C=C[C@H]1OC(C)=O. The van der Waals surface area contributed by atoms with Gasteiger partial charge in [-0.1, -0.05) is 12.5 Å². The highest BCUT2D eigenvalue weighted by atomic mass is 16.8. The van der Waals surface area contributed by atoms with Gasteiger partial charge in [0.15, 0.2) is 18.0 Å². The van der Waals surface area contributed by atoms with Crippen molar-refractivity contribution >= 4 is 11.9 Å². The minimum atomic E-state index is -0.669. The summed E-state index contributed by atoms with van der Waals surface area (Å²) in [6.07, 6.45) is 6.57. The maximum absolute atomic E-state index is 11.4. The summed E-state index contributed by atoms with van der Waals surface area (Å²) in [4.78, 5) is 22.7. The molecule has 0 amide bonds. The molecule has 0 aromatic heterocycles. The van der Waals surface area contributed by atoms with Gasteiger partial charge in [-0.25, -0.2) is 0 Å². The lowest BCUT2D eigenvalue weighted by molar-refractivity contribution is -0.207. The Morgan fingerprint density at radius 3 is 2.32 bits per heavy atom. The first-order valence-corrected chi connectivity index (χ1v) is 7.87. The van der Waals surface area contributed by atoms with Crippen molar-refractivity contribution in [2.75, 3.05) is 0 Å². The zero-order valence-corrected chi connectivity index (χ0v) is 12.9. The molecule has 0 N–H and O–H groups in total. The number of rotatable bonds is 2. The van der Waals surface area contributed by atoms with Crippen molar-refractivity contribution in [3.05, 3.63) is 12.2 Å². The van der Waals surface area contributed by atoms with E-state index in [9.17, 15) is 9.59 Å². The molecule has 0 aromatic carbocycles. The Hall–Kier alpha value is -1.40. The van der Waals surface area contributed by atoms with Crippen LogP contribution < -0.4 is 0 Å². The van der Waals surface area contributed by atoms with Gasteiger partial charge in [0.05, 0.1) is 0 Å². The summed E-state index contributed by atoms with van der Waals surface area (Å²) in [7, 11) is 0. The minimum absolute atomic E-state index is 0.269. The molecule has 22 heavy (non-hydrogen) atoms. The number of hydrogen-bond acceptors (Lipinski definition) is 6. The molecule has 1 spiro atoms. The summed E-state index contributed by atoms with van der Waals surface area (Å²) in [5.41, 5.74) is 0. The standard InChI is InChI=1S/C16H22O6/c1-10(17)19-12-6-7-13-15(14(12)20-11(2)18)22-16(21-13)8-4-3-5-9-16/h6-7,12-15H,3-5,8-9H2,1-2H3/t12-,13-,14+,15-/m1/s1. The van der Waals surface area contributed by atoms with Gasteiger partial charge in [-0.2, -0.15) is 0 Å². The molecule has 1 saturated heterocycles. The van der Waals surface area contributed by atoms with Crippen LogP contribution in [-0.2, 0) is 28.5 Å². The summed E-state index contributed by atoms with van der Waals surface area (Å²) in [5.74, 6) is -1.43. The third kappa shape index (κ3) is 3.03. The fourth-order valence-electron chi connectivity index (χ4n) is 3.53. The molecule has 6 nitrogen and oxygen atoms in total. The lowest BCUT2D eigenvalue weighted by Gasteiger charge is -2.34. The lowest BCUT2D eigenvalue weighted by atomic mass is 9.94. The largest absolute Gasteiger partial charge is 0.455 e. The van der Waals surface area contributed by atoms with Crippen LogP contribution >= 0.6 is 0 Å². The number of esters is 2. The first-order chi connectivity index (χ1) is 10.5. The maximum atomic E-state index is 11.4. The van der Waals surface area contributed by atoms with E-state index < -0.39 is 36.0 Å². The van der Waals surface area contributed by atoms with E-state index in [0.29, 0.717) is 0 Å². The molecule has 122 valence electrons. The third-order valence-electron chi connectivity index (χ3n) is 4.38. The zero-order valence-electron chi connectivity index (χ0n) is 12.9. The Labute approximate surface area is 129 Å². The second-order valence-electron chi connectivity index (χ2n) is 6.17. The van der Waals surface area contributed by atoms with E-state index in [-0.39, 0.29) is 6.10 Å². The van der Waals surface area contributed by atoms with Gasteiger partial charge in [0, 0.05) is 26.7 Å². The van der Waals surface area contributed by atoms with Crippen LogP contribution in [-0.4, -0.2) is 42.1 Å². The molecule has 1 aliphatic heterocycles. The van der Waals surface area contributed by atoms with E-state index in [1.165, 1.54) is 20.3 Å². The summed E-state index contributed by atoms with van der Waals surface area (Å²) in [6.45, 7) is 2.67. The monoisotopic (exact) mass is 310 g/mol. The van der Waals surface area contributed by atoms with Gasteiger partial charge in [0.1, 0.15) is 12.2 Å². The zero-order chi connectivity index (χ0) is 15.7. The fraction of sp³-hybridized carbons (Fsp3) is 0.750. The molecule has 1 heterocycles. The second kappa shape index (κ2) is 6.01. The molecule has 2 aliphatic carbocycles. The topological polar surface area (TPSA) is 71.1 Å². The van der Waals surface area contributed by atoms with E-state index in [4.69, 9.17) is 18.9 Å². The number of carbonyl (C=O) groups excluding carboxylic acids is 2. The van der Waals surface area contributed by atoms with E-state index in [1.54, 1.807) is 6.08 Å². The summed E-state index contributed by atoms with van der Waals surface area (Å²) in [5, 5.41) is 0. The fourth-order valence-corrected chi connectivity index (χ4v) is 3.53. The van der Waals surface area contributed by atoms with Crippen LogP contribution in [0.15, 0.2) is 12.2 Å². The van der Waals surface area contributed by atoms with E-state index in [0.717, 1.165) is 25.7 Å². The molecule has 6 heteroatoms. The van der Waals surface area contributed by atoms with Gasteiger partial charge >= 0.3 is 11.9 Å². The maximum Gasteiger partial charge on any atom is 0.303 e. The average Bonchev–Trinajstić information content (AvgIpc) is 2.79. The Kier molecular flexibility index (Phi) is 4.23. The molecule has 1 saturated carbocycles. The molecule has 0 bridgehead atoms. The van der Waals surface area contributed by atoms with Crippen LogP contribution in [0, 0.1) is 0 Å². The Bertz CT molecular complexity index is 479. The molecule has 4 atom stereocenters. The molecule has 2 fully saturated rings. The highest BCUT2D eigenvalue weighted by Crippen LogP contribution is 2.44. The second-order valence-corrected chi connectivity index (χ2v) is 6.17. The van der Waals surface area contributed by atoms with Crippen LogP contribution in [0.3, 0.4) is 0 Å². The Balaban J connectivity index is 1.80. The number of ether oxygens (including phenoxy) is 4. The van der Waals surface area contributed by atoms with Crippen LogP contribution in [0.1, 0.15) is 46.0 Å². The molecule has 3 aliphatic rings. The van der Waals surface area contributed by atoms with E-state index >= 15 is 0 Å². The minimum Gasteiger partial charge on any atom is -0.455 e. The van der Waals surface area contributed by atoms with Crippen molar-refractivity contribution < 1.29 is 28.5 Å². The van der Waals surface area contributed by atoms with Crippen LogP contribution in [0.5, 0.6) is 0 Å². The van der Waals surface area contributed by atoms with Crippen molar-refractivity contribution in [2.45, 2.75) is 76.2 Å². The van der Waals surface area contributed by atoms with Gasteiger partial charge in [-0.3, -0.25) is 9.59 Å².